The Morgan fingerprint density at radius 1 is 1.13 bits per heavy atom. The van der Waals surface area contributed by atoms with Gasteiger partial charge in [-0.2, -0.15) is 0 Å². The van der Waals surface area contributed by atoms with Crippen LogP contribution >= 0.6 is 11.3 Å². The molecule has 1 aromatic carbocycles. The molecule has 158 valence electrons. The molecule has 8 heteroatoms. The fourth-order valence-electron chi connectivity index (χ4n) is 2.89. The first-order valence-corrected chi connectivity index (χ1v) is 10.6. The summed E-state index contributed by atoms with van der Waals surface area (Å²) in [7, 11) is 0. The van der Waals surface area contributed by atoms with E-state index >= 15 is 0 Å². The van der Waals surface area contributed by atoms with Gasteiger partial charge < -0.3 is 15.4 Å². The van der Waals surface area contributed by atoms with Gasteiger partial charge in [0.1, 0.15) is 16.3 Å². The number of aromatic nitrogens is 3. The molecule has 0 aliphatic heterocycles. The summed E-state index contributed by atoms with van der Waals surface area (Å²) in [6.45, 7) is 10.3. The first-order valence-electron chi connectivity index (χ1n) is 9.74. The van der Waals surface area contributed by atoms with Crippen LogP contribution in [0.15, 0.2) is 35.8 Å². The van der Waals surface area contributed by atoms with Crippen LogP contribution in [0, 0.1) is 13.8 Å². The Morgan fingerprint density at radius 3 is 2.57 bits per heavy atom. The molecule has 2 N–H and O–H groups in total. The number of nitrogens with zero attached hydrogens (tertiary/aromatic N) is 3. The fourth-order valence-corrected chi connectivity index (χ4v) is 3.68. The SMILES string of the molecule is Cc1cc(C)cc(Nc2nccc(-c3nc(CNCC(=O)OC(C)(C)C)cs3)n2)c1. The maximum Gasteiger partial charge on any atom is 0.320 e. The minimum atomic E-state index is -0.484. The topological polar surface area (TPSA) is 89.0 Å². The maximum atomic E-state index is 11.8. The van der Waals surface area contributed by atoms with Gasteiger partial charge >= 0.3 is 5.97 Å². The van der Waals surface area contributed by atoms with Crippen molar-refractivity contribution in [1.82, 2.24) is 20.3 Å². The second-order valence-electron chi connectivity index (χ2n) is 8.10. The average molecular weight is 426 g/mol. The standard InChI is InChI=1S/C22H27N5O2S/c1-14-8-15(2)10-16(9-14)26-21-24-7-6-18(27-21)20-25-17(13-30-20)11-23-12-19(28)29-22(3,4)5/h6-10,13,23H,11-12H2,1-5H3,(H,24,26,27). The smallest absolute Gasteiger partial charge is 0.320 e. The van der Waals surface area contributed by atoms with Crippen LogP contribution in [0.5, 0.6) is 0 Å². The third-order valence-electron chi connectivity index (χ3n) is 3.90. The number of nitrogens with one attached hydrogen (secondary N) is 2. The number of thiazole rings is 1. The molecule has 2 aromatic heterocycles. The zero-order valence-electron chi connectivity index (χ0n) is 17.9. The molecule has 0 radical (unpaired) electrons. The molecule has 0 amide bonds. The van der Waals surface area contributed by atoms with E-state index < -0.39 is 5.60 Å². The zero-order valence-corrected chi connectivity index (χ0v) is 18.8. The van der Waals surface area contributed by atoms with E-state index in [0.717, 1.165) is 22.1 Å². The van der Waals surface area contributed by atoms with Crippen molar-refractivity contribution in [2.75, 3.05) is 11.9 Å². The second-order valence-corrected chi connectivity index (χ2v) is 8.96. The van der Waals surface area contributed by atoms with Crippen molar-refractivity contribution in [3.8, 4) is 10.7 Å². The highest BCUT2D eigenvalue weighted by Gasteiger charge is 2.16. The van der Waals surface area contributed by atoms with Crippen molar-refractivity contribution in [2.45, 2.75) is 46.8 Å². The molecule has 0 atom stereocenters. The van der Waals surface area contributed by atoms with Gasteiger partial charge in [-0.15, -0.1) is 11.3 Å². The number of carbonyl (C=O) groups is 1. The molecular weight excluding hydrogens is 398 g/mol. The normalized spacial score (nSPS) is 11.4. The number of carbonyl (C=O) groups excluding carboxylic acids is 1. The van der Waals surface area contributed by atoms with Gasteiger partial charge in [-0.25, -0.2) is 15.0 Å². The fraction of sp³-hybridized carbons (Fsp3) is 0.364. The van der Waals surface area contributed by atoms with Gasteiger partial charge in [-0.1, -0.05) is 6.07 Å². The predicted molar refractivity (Wildman–Crippen MR) is 120 cm³/mol. The zero-order chi connectivity index (χ0) is 21.7. The molecule has 0 aliphatic rings. The van der Waals surface area contributed by atoms with E-state index in [1.165, 1.54) is 22.5 Å². The van der Waals surface area contributed by atoms with Crippen LogP contribution in [0.3, 0.4) is 0 Å². The molecule has 0 spiro atoms. The van der Waals surface area contributed by atoms with Crippen LogP contribution in [-0.4, -0.2) is 33.1 Å². The Balaban J connectivity index is 1.61. The minimum Gasteiger partial charge on any atom is -0.459 e. The van der Waals surface area contributed by atoms with E-state index in [0.29, 0.717) is 12.5 Å². The van der Waals surface area contributed by atoms with Crippen LogP contribution in [0.4, 0.5) is 11.6 Å². The highest BCUT2D eigenvalue weighted by atomic mass is 32.1. The van der Waals surface area contributed by atoms with Crippen molar-refractivity contribution in [2.24, 2.45) is 0 Å². The van der Waals surface area contributed by atoms with Crippen LogP contribution in [0.1, 0.15) is 37.6 Å². The molecule has 30 heavy (non-hydrogen) atoms. The molecular formula is C22H27N5O2S. The van der Waals surface area contributed by atoms with Crippen LogP contribution < -0.4 is 10.6 Å². The molecule has 7 nitrogen and oxygen atoms in total. The average Bonchev–Trinajstić information content (AvgIpc) is 3.08. The highest BCUT2D eigenvalue weighted by molar-refractivity contribution is 7.13. The highest BCUT2D eigenvalue weighted by Crippen LogP contribution is 2.24. The summed E-state index contributed by atoms with van der Waals surface area (Å²) in [5, 5.41) is 9.08. The minimum absolute atomic E-state index is 0.140. The van der Waals surface area contributed by atoms with E-state index in [2.05, 4.69) is 57.6 Å². The molecule has 3 rings (SSSR count). The number of aryl methyl sites for hydroxylation is 2. The lowest BCUT2D eigenvalue weighted by Crippen LogP contribution is -2.31. The second kappa shape index (κ2) is 9.32. The Bertz CT molecular complexity index is 1010. The summed E-state index contributed by atoms with van der Waals surface area (Å²) in [5.41, 5.74) is 4.42. The Hall–Kier alpha value is -2.84. The van der Waals surface area contributed by atoms with Crippen LogP contribution in [-0.2, 0) is 16.1 Å². The number of benzene rings is 1. The molecule has 0 saturated heterocycles. The van der Waals surface area contributed by atoms with Crippen molar-refractivity contribution in [3.63, 3.8) is 0 Å². The van der Waals surface area contributed by atoms with E-state index in [9.17, 15) is 4.79 Å². The van der Waals surface area contributed by atoms with Gasteiger partial charge in [0.2, 0.25) is 5.95 Å². The van der Waals surface area contributed by atoms with Gasteiger partial charge in [0.25, 0.3) is 0 Å². The summed E-state index contributed by atoms with van der Waals surface area (Å²) >= 11 is 1.51. The summed E-state index contributed by atoms with van der Waals surface area (Å²) in [4.78, 5) is 25.3. The van der Waals surface area contributed by atoms with Crippen molar-refractivity contribution < 1.29 is 9.53 Å². The van der Waals surface area contributed by atoms with E-state index in [-0.39, 0.29) is 12.5 Å². The van der Waals surface area contributed by atoms with Gasteiger partial charge in [0.05, 0.1) is 12.2 Å². The molecule has 0 aliphatic carbocycles. The molecule has 0 saturated carbocycles. The number of hydrogen-bond acceptors (Lipinski definition) is 8. The van der Waals surface area contributed by atoms with Crippen molar-refractivity contribution in [1.29, 1.82) is 0 Å². The Labute approximate surface area is 181 Å². The van der Waals surface area contributed by atoms with Gasteiger partial charge in [-0.05, 0) is 63.9 Å². The summed E-state index contributed by atoms with van der Waals surface area (Å²) in [5.74, 6) is 0.244. The Morgan fingerprint density at radius 2 is 1.87 bits per heavy atom. The van der Waals surface area contributed by atoms with Crippen LogP contribution in [0.2, 0.25) is 0 Å². The maximum absolute atomic E-state index is 11.8. The molecule has 2 heterocycles. The number of esters is 1. The quantitative estimate of drug-likeness (QED) is 0.543. The van der Waals surface area contributed by atoms with Crippen molar-refractivity contribution >= 4 is 28.9 Å². The van der Waals surface area contributed by atoms with E-state index in [4.69, 9.17) is 4.74 Å². The molecule has 0 bridgehead atoms. The lowest BCUT2D eigenvalue weighted by molar-refractivity contribution is -0.153. The number of ether oxygens (including phenoxy) is 1. The van der Waals surface area contributed by atoms with E-state index in [1.807, 2.05) is 32.2 Å². The predicted octanol–water partition coefficient (Wildman–Crippen LogP) is 4.39. The lowest BCUT2D eigenvalue weighted by Gasteiger charge is -2.19. The number of rotatable bonds is 7. The summed E-state index contributed by atoms with van der Waals surface area (Å²) in [6.07, 6.45) is 1.72. The monoisotopic (exact) mass is 425 g/mol. The summed E-state index contributed by atoms with van der Waals surface area (Å²) < 4.78 is 5.28. The largest absolute Gasteiger partial charge is 0.459 e. The van der Waals surface area contributed by atoms with E-state index in [1.54, 1.807) is 6.20 Å². The first-order chi connectivity index (χ1) is 14.2. The first kappa shape index (κ1) is 21.9. The number of anilines is 2. The van der Waals surface area contributed by atoms with Gasteiger partial charge in [-0.3, -0.25) is 4.79 Å². The molecule has 0 unspecified atom stereocenters. The van der Waals surface area contributed by atoms with Crippen LogP contribution in [0.25, 0.3) is 10.7 Å². The Kier molecular flexibility index (Phi) is 6.79. The molecule has 3 aromatic rings. The molecule has 0 fully saturated rings. The van der Waals surface area contributed by atoms with Gasteiger partial charge in [0, 0.05) is 23.8 Å². The number of hydrogen-bond donors (Lipinski definition) is 2. The lowest BCUT2D eigenvalue weighted by atomic mass is 10.1. The van der Waals surface area contributed by atoms with Gasteiger partial charge in [0.15, 0.2) is 0 Å². The third-order valence-corrected chi connectivity index (χ3v) is 4.81. The summed E-state index contributed by atoms with van der Waals surface area (Å²) in [6, 6.07) is 8.07. The third kappa shape index (κ3) is 6.60. The van der Waals surface area contributed by atoms with Crippen molar-refractivity contribution in [3.05, 3.63) is 52.7 Å².